The number of hydrogen-bond donors (Lipinski definition) is 2. The predicted molar refractivity (Wildman–Crippen MR) is 67.3 cm³/mol. The Morgan fingerprint density at radius 1 is 1.35 bits per heavy atom. The molecule has 0 saturated carbocycles. The number of nitrogens with one attached hydrogen (secondary N) is 1. The summed E-state index contributed by atoms with van der Waals surface area (Å²) in [6, 6.07) is 8.04. The lowest BCUT2D eigenvalue weighted by Crippen LogP contribution is -2.48. The quantitative estimate of drug-likeness (QED) is 0.772. The van der Waals surface area contributed by atoms with E-state index in [1.807, 2.05) is 18.2 Å². The van der Waals surface area contributed by atoms with Gasteiger partial charge in [0, 0.05) is 13.0 Å². The molecule has 1 fully saturated rings. The van der Waals surface area contributed by atoms with Gasteiger partial charge < -0.3 is 10.2 Å². The summed E-state index contributed by atoms with van der Waals surface area (Å²) in [5.41, 5.74) is 2.23. The minimum Gasteiger partial charge on any atom is -0.363 e. The smallest absolute Gasteiger partial charge is 0.212 e. The summed E-state index contributed by atoms with van der Waals surface area (Å²) >= 11 is 0. The number of rotatable bonds is 1. The Bertz CT molecular complexity index is 543. The van der Waals surface area contributed by atoms with Crippen molar-refractivity contribution in [2.75, 3.05) is 16.8 Å². The number of sulfonamides is 1. The highest BCUT2D eigenvalue weighted by Crippen LogP contribution is 2.38. The summed E-state index contributed by atoms with van der Waals surface area (Å²) in [6.07, 6.45) is 1.21. The van der Waals surface area contributed by atoms with Crippen molar-refractivity contribution in [1.29, 1.82) is 0 Å². The molecule has 92 valence electrons. The zero-order chi connectivity index (χ0) is 12.0. The first-order chi connectivity index (χ1) is 8.05. The maximum atomic E-state index is 11.4. The van der Waals surface area contributed by atoms with Gasteiger partial charge in [0.25, 0.3) is 0 Å². The molecule has 2 heterocycles. The second kappa shape index (κ2) is 3.61. The largest absolute Gasteiger partial charge is 0.363 e. The van der Waals surface area contributed by atoms with Crippen molar-refractivity contribution in [3.63, 3.8) is 0 Å². The van der Waals surface area contributed by atoms with Crippen LogP contribution in [0.15, 0.2) is 24.3 Å². The van der Waals surface area contributed by atoms with Crippen LogP contribution in [0.4, 0.5) is 11.4 Å². The number of nitrogens with two attached hydrogens (primary N) is 1. The summed E-state index contributed by atoms with van der Waals surface area (Å²) in [4.78, 5) is 2.22. The molecule has 17 heavy (non-hydrogen) atoms. The standard InChI is InChI=1S/C11H15N3O2S/c12-17(15,16)8-5-6-14-10-4-2-1-3-9(10)13-11(14)7-8/h1-4,8,11,13H,5-7H2,(H2,12,15,16). The number of hydrogen-bond acceptors (Lipinski definition) is 4. The van der Waals surface area contributed by atoms with Gasteiger partial charge in [-0.15, -0.1) is 0 Å². The molecule has 0 amide bonds. The molecule has 2 aliphatic heterocycles. The van der Waals surface area contributed by atoms with Crippen LogP contribution >= 0.6 is 0 Å². The molecule has 3 rings (SSSR count). The van der Waals surface area contributed by atoms with Crippen LogP contribution in [0, 0.1) is 0 Å². The molecule has 0 aliphatic carbocycles. The molecule has 3 N–H and O–H groups in total. The lowest BCUT2D eigenvalue weighted by atomic mass is 10.1. The molecule has 2 atom stereocenters. The third-order valence-corrected chi connectivity index (χ3v) is 4.91. The minimum absolute atomic E-state index is 0.0597. The number of piperidine rings is 1. The van der Waals surface area contributed by atoms with Gasteiger partial charge in [-0.2, -0.15) is 0 Å². The van der Waals surface area contributed by atoms with Crippen LogP contribution in [0.25, 0.3) is 0 Å². The molecule has 1 saturated heterocycles. The summed E-state index contributed by atoms with van der Waals surface area (Å²) in [5, 5.41) is 8.14. The number of benzene rings is 1. The first kappa shape index (κ1) is 10.9. The van der Waals surface area contributed by atoms with E-state index in [0.29, 0.717) is 12.8 Å². The zero-order valence-corrected chi connectivity index (χ0v) is 10.2. The molecule has 1 aromatic carbocycles. The topological polar surface area (TPSA) is 75.4 Å². The summed E-state index contributed by atoms with van der Waals surface area (Å²) in [5.74, 6) is 0. The van der Waals surface area contributed by atoms with E-state index in [2.05, 4.69) is 16.3 Å². The molecule has 6 heteroatoms. The number of primary sulfonamides is 1. The lowest BCUT2D eigenvalue weighted by molar-refractivity contribution is 0.487. The van der Waals surface area contributed by atoms with Gasteiger partial charge in [0.05, 0.1) is 16.6 Å². The maximum Gasteiger partial charge on any atom is 0.212 e. The van der Waals surface area contributed by atoms with Crippen LogP contribution < -0.4 is 15.4 Å². The Labute approximate surface area is 101 Å². The fourth-order valence-electron chi connectivity index (χ4n) is 2.68. The highest BCUT2D eigenvalue weighted by atomic mass is 32.2. The van der Waals surface area contributed by atoms with E-state index in [1.54, 1.807) is 0 Å². The number of fused-ring (bicyclic) bond motifs is 3. The number of para-hydroxylation sites is 2. The van der Waals surface area contributed by atoms with Gasteiger partial charge in [-0.3, -0.25) is 0 Å². The fraction of sp³-hybridized carbons (Fsp3) is 0.455. The van der Waals surface area contributed by atoms with Crippen molar-refractivity contribution in [2.45, 2.75) is 24.3 Å². The highest BCUT2D eigenvalue weighted by molar-refractivity contribution is 7.89. The van der Waals surface area contributed by atoms with Gasteiger partial charge in [-0.25, -0.2) is 13.6 Å². The monoisotopic (exact) mass is 253 g/mol. The number of anilines is 2. The van der Waals surface area contributed by atoms with Gasteiger partial charge in [-0.1, -0.05) is 12.1 Å². The van der Waals surface area contributed by atoms with E-state index in [9.17, 15) is 8.42 Å². The molecule has 1 aromatic rings. The van der Waals surface area contributed by atoms with E-state index >= 15 is 0 Å². The van der Waals surface area contributed by atoms with E-state index in [1.165, 1.54) is 0 Å². The Morgan fingerprint density at radius 2 is 2.12 bits per heavy atom. The molecule has 2 unspecified atom stereocenters. The molecule has 0 aromatic heterocycles. The average Bonchev–Trinajstić information content (AvgIpc) is 2.65. The van der Waals surface area contributed by atoms with Gasteiger partial charge in [0.2, 0.25) is 10.0 Å². The minimum atomic E-state index is -3.42. The third kappa shape index (κ3) is 1.77. The normalized spacial score (nSPS) is 27.2. The van der Waals surface area contributed by atoms with Crippen LogP contribution in [0.1, 0.15) is 12.8 Å². The summed E-state index contributed by atoms with van der Waals surface area (Å²) < 4.78 is 22.8. The van der Waals surface area contributed by atoms with E-state index in [0.717, 1.165) is 17.9 Å². The Hall–Kier alpha value is -1.27. The summed E-state index contributed by atoms with van der Waals surface area (Å²) in [7, 11) is -3.42. The third-order valence-electron chi connectivity index (χ3n) is 3.55. The first-order valence-corrected chi connectivity index (χ1v) is 7.30. The Kier molecular flexibility index (Phi) is 2.31. The van der Waals surface area contributed by atoms with Crippen molar-refractivity contribution < 1.29 is 8.42 Å². The summed E-state index contributed by atoms with van der Waals surface area (Å²) in [6.45, 7) is 0.732. The van der Waals surface area contributed by atoms with E-state index in [4.69, 9.17) is 5.14 Å². The van der Waals surface area contributed by atoms with Crippen molar-refractivity contribution in [1.82, 2.24) is 0 Å². The van der Waals surface area contributed by atoms with Gasteiger partial charge in [-0.05, 0) is 18.6 Å². The van der Waals surface area contributed by atoms with Crippen LogP contribution in [0.5, 0.6) is 0 Å². The van der Waals surface area contributed by atoms with Gasteiger partial charge in [0.1, 0.15) is 6.17 Å². The van der Waals surface area contributed by atoms with Crippen molar-refractivity contribution in [3.8, 4) is 0 Å². The van der Waals surface area contributed by atoms with Gasteiger partial charge in [0.15, 0.2) is 0 Å². The molecular formula is C11H15N3O2S. The lowest BCUT2D eigenvalue weighted by Gasteiger charge is -2.35. The Balaban J connectivity index is 1.86. The maximum absolute atomic E-state index is 11.4. The van der Waals surface area contributed by atoms with Crippen LogP contribution in [0.3, 0.4) is 0 Å². The van der Waals surface area contributed by atoms with Crippen LogP contribution in [-0.4, -0.2) is 26.4 Å². The second-order valence-corrected chi connectivity index (χ2v) is 6.45. The van der Waals surface area contributed by atoms with Crippen molar-refractivity contribution in [2.24, 2.45) is 5.14 Å². The van der Waals surface area contributed by atoms with Gasteiger partial charge >= 0.3 is 0 Å². The zero-order valence-electron chi connectivity index (χ0n) is 9.33. The fourth-order valence-corrected chi connectivity index (χ4v) is 3.57. The molecule has 5 nitrogen and oxygen atoms in total. The molecule has 0 bridgehead atoms. The van der Waals surface area contributed by atoms with E-state index < -0.39 is 15.3 Å². The number of nitrogens with zero attached hydrogens (tertiary/aromatic N) is 1. The molecule has 2 aliphatic rings. The van der Waals surface area contributed by atoms with Crippen molar-refractivity contribution >= 4 is 21.4 Å². The predicted octanol–water partition coefficient (Wildman–Crippen LogP) is 0.695. The molecule has 0 radical (unpaired) electrons. The second-order valence-electron chi connectivity index (χ2n) is 4.61. The van der Waals surface area contributed by atoms with Crippen molar-refractivity contribution in [3.05, 3.63) is 24.3 Å². The highest BCUT2D eigenvalue weighted by Gasteiger charge is 2.38. The SMILES string of the molecule is NS(=O)(=O)C1CCN2c3ccccc3NC2C1. The first-order valence-electron chi connectivity index (χ1n) is 5.69. The average molecular weight is 253 g/mol. The van der Waals surface area contributed by atoms with E-state index in [-0.39, 0.29) is 6.17 Å². The molecule has 0 spiro atoms. The molecular weight excluding hydrogens is 238 g/mol. The van der Waals surface area contributed by atoms with Crippen LogP contribution in [-0.2, 0) is 10.0 Å². The Morgan fingerprint density at radius 3 is 2.88 bits per heavy atom. The van der Waals surface area contributed by atoms with Crippen LogP contribution in [0.2, 0.25) is 0 Å².